The summed E-state index contributed by atoms with van der Waals surface area (Å²) >= 11 is 0. The average Bonchev–Trinajstić information content (AvgIpc) is 2.74. The molecule has 1 heteroatoms. The number of rotatable bonds is 24. The van der Waals surface area contributed by atoms with Crippen molar-refractivity contribution in [1.82, 2.24) is 0 Å². The highest BCUT2D eigenvalue weighted by Gasteiger charge is 2.09. The summed E-state index contributed by atoms with van der Waals surface area (Å²) in [4.78, 5) is 0. The van der Waals surface area contributed by atoms with Gasteiger partial charge in [0.2, 0.25) is 0 Å². The molecule has 31 heavy (non-hydrogen) atoms. The zero-order valence-corrected chi connectivity index (χ0v) is 22.6. The van der Waals surface area contributed by atoms with Crippen LogP contribution in [0, 0.1) is 17.8 Å². The first-order valence-corrected chi connectivity index (χ1v) is 14.6. The van der Waals surface area contributed by atoms with E-state index in [1.165, 1.54) is 135 Å². The predicted octanol–water partition coefficient (Wildman–Crippen LogP) is 10.5. The van der Waals surface area contributed by atoms with Crippen molar-refractivity contribution in [2.45, 2.75) is 176 Å². The Morgan fingerprint density at radius 1 is 0.419 bits per heavy atom. The van der Waals surface area contributed by atoms with E-state index in [2.05, 4.69) is 27.7 Å². The molecular weight excluding hydrogens is 376 g/mol. The monoisotopic (exact) mass is 438 g/mol. The highest BCUT2D eigenvalue weighted by Crippen LogP contribution is 2.21. The topological polar surface area (TPSA) is 20.2 Å². The highest BCUT2D eigenvalue weighted by molar-refractivity contribution is 4.62. The van der Waals surface area contributed by atoms with Crippen molar-refractivity contribution in [2.75, 3.05) is 0 Å². The molecule has 0 rings (SSSR count). The Kier molecular flexibility index (Phi) is 23.1. The second kappa shape index (κ2) is 23.1. The SMILES string of the molecule is CCCCCCCCCCCC[C@H](C)CCCCCCC[C@H](C)CCC[C@H](C)C(C)O. The number of hydrogen-bond acceptors (Lipinski definition) is 1. The maximum absolute atomic E-state index is 9.57. The van der Waals surface area contributed by atoms with E-state index in [4.69, 9.17) is 0 Å². The van der Waals surface area contributed by atoms with E-state index < -0.39 is 0 Å². The quantitative estimate of drug-likeness (QED) is 0.149. The lowest BCUT2D eigenvalue weighted by Gasteiger charge is -2.16. The van der Waals surface area contributed by atoms with Gasteiger partial charge in [0.25, 0.3) is 0 Å². The standard InChI is InChI=1S/C30H62O/c1-6-7-8-9-10-11-12-13-15-18-22-27(2)23-19-16-14-17-20-24-28(3)25-21-26-29(4)30(5)31/h27-31H,6-26H2,1-5H3/t27-,28-,29-,30?/m0/s1. The molecule has 1 N–H and O–H groups in total. The van der Waals surface area contributed by atoms with Crippen molar-refractivity contribution in [3.8, 4) is 0 Å². The van der Waals surface area contributed by atoms with E-state index in [9.17, 15) is 5.11 Å². The van der Waals surface area contributed by atoms with E-state index in [0.717, 1.165) is 11.8 Å². The fraction of sp³-hybridized carbons (Fsp3) is 1.00. The molecule has 0 amide bonds. The molecule has 0 aromatic rings. The van der Waals surface area contributed by atoms with Crippen molar-refractivity contribution < 1.29 is 5.11 Å². The molecule has 0 spiro atoms. The van der Waals surface area contributed by atoms with Crippen molar-refractivity contribution in [3.63, 3.8) is 0 Å². The van der Waals surface area contributed by atoms with Gasteiger partial charge in [-0.2, -0.15) is 0 Å². The van der Waals surface area contributed by atoms with Gasteiger partial charge in [0.05, 0.1) is 6.10 Å². The van der Waals surface area contributed by atoms with Crippen LogP contribution in [0.1, 0.15) is 169 Å². The van der Waals surface area contributed by atoms with E-state index in [0.29, 0.717) is 5.92 Å². The van der Waals surface area contributed by atoms with E-state index in [-0.39, 0.29) is 6.10 Å². The minimum atomic E-state index is -0.145. The average molecular weight is 439 g/mol. The predicted molar refractivity (Wildman–Crippen MR) is 142 cm³/mol. The van der Waals surface area contributed by atoms with E-state index in [1.54, 1.807) is 0 Å². The van der Waals surface area contributed by atoms with Crippen LogP contribution in [0.2, 0.25) is 0 Å². The molecule has 0 saturated heterocycles. The lowest BCUT2D eigenvalue weighted by atomic mass is 9.92. The number of aliphatic hydroxyl groups is 1. The van der Waals surface area contributed by atoms with Crippen LogP contribution < -0.4 is 0 Å². The third kappa shape index (κ3) is 22.9. The first-order chi connectivity index (χ1) is 15.0. The molecule has 0 aliphatic carbocycles. The Labute approximate surface area is 198 Å². The normalized spacial score (nSPS) is 15.7. The lowest BCUT2D eigenvalue weighted by Crippen LogP contribution is -2.13. The van der Waals surface area contributed by atoms with Gasteiger partial charge >= 0.3 is 0 Å². The van der Waals surface area contributed by atoms with Gasteiger partial charge in [0.15, 0.2) is 0 Å². The zero-order valence-electron chi connectivity index (χ0n) is 22.6. The molecule has 188 valence electrons. The van der Waals surface area contributed by atoms with Crippen LogP contribution in [-0.2, 0) is 0 Å². The second-order valence-electron chi connectivity index (χ2n) is 11.2. The molecule has 0 aliphatic rings. The summed E-state index contributed by atoms with van der Waals surface area (Å²) in [5.74, 6) is 2.26. The summed E-state index contributed by atoms with van der Waals surface area (Å²) < 4.78 is 0. The molecule has 1 unspecified atom stereocenters. The second-order valence-corrected chi connectivity index (χ2v) is 11.2. The van der Waals surface area contributed by atoms with Crippen LogP contribution in [0.4, 0.5) is 0 Å². The van der Waals surface area contributed by atoms with E-state index in [1.807, 2.05) is 6.92 Å². The van der Waals surface area contributed by atoms with Crippen molar-refractivity contribution >= 4 is 0 Å². The number of aliphatic hydroxyl groups excluding tert-OH is 1. The molecule has 0 fully saturated rings. The summed E-state index contributed by atoms with van der Waals surface area (Å²) in [6.45, 7) is 11.3. The maximum atomic E-state index is 9.57. The summed E-state index contributed by atoms with van der Waals surface area (Å²) in [5.41, 5.74) is 0. The van der Waals surface area contributed by atoms with Gasteiger partial charge in [0, 0.05) is 0 Å². The van der Waals surface area contributed by atoms with Gasteiger partial charge in [-0.1, -0.05) is 156 Å². The molecule has 0 aromatic carbocycles. The van der Waals surface area contributed by atoms with Crippen LogP contribution in [0.3, 0.4) is 0 Å². The van der Waals surface area contributed by atoms with Crippen molar-refractivity contribution in [2.24, 2.45) is 17.8 Å². The Bertz CT molecular complexity index is 337. The number of hydrogen-bond donors (Lipinski definition) is 1. The van der Waals surface area contributed by atoms with Gasteiger partial charge in [0.1, 0.15) is 0 Å². The first-order valence-electron chi connectivity index (χ1n) is 14.6. The molecule has 1 nitrogen and oxygen atoms in total. The third-order valence-electron chi connectivity index (χ3n) is 7.62. The molecule has 0 aromatic heterocycles. The molecule has 4 atom stereocenters. The van der Waals surface area contributed by atoms with Crippen LogP contribution >= 0.6 is 0 Å². The summed E-state index contributed by atoms with van der Waals surface area (Å²) in [5, 5.41) is 9.57. The van der Waals surface area contributed by atoms with Gasteiger partial charge < -0.3 is 5.11 Å². The van der Waals surface area contributed by atoms with Crippen LogP contribution in [0.5, 0.6) is 0 Å². The first kappa shape index (κ1) is 31.0. The highest BCUT2D eigenvalue weighted by atomic mass is 16.3. The fourth-order valence-corrected chi connectivity index (χ4v) is 4.81. The Balaban J connectivity index is 3.31. The van der Waals surface area contributed by atoms with Gasteiger partial charge in [-0.15, -0.1) is 0 Å². The van der Waals surface area contributed by atoms with E-state index >= 15 is 0 Å². The zero-order chi connectivity index (χ0) is 23.2. The van der Waals surface area contributed by atoms with Gasteiger partial charge in [-0.25, -0.2) is 0 Å². The molecule has 0 radical (unpaired) electrons. The van der Waals surface area contributed by atoms with Crippen LogP contribution in [0.15, 0.2) is 0 Å². The minimum Gasteiger partial charge on any atom is -0.393 e. The van der Waals surface area contributed by atoms with Crippen molar-refractivity contribution in [3.05, 3.63) is 0 Å². The Morgan fingerprint density at radius 2 is 0.742 bits per heavy atom. The Morgan fingerprint density at radius 3 is 1.10 bits per heavy atom. The van der Waals surface area contributed by atoms with Gasteiger partial charge in [-0.05, 0) is 31.1 Å². The van der Waals surface area contributed by atoms with Crippen molar-refractivity contribution in [1.29, 1.82) is 0 Å². The summed E-state index contributed by atoms with van der Waals surface area (Å²) in [7, 11) is 0. The van der Waals surface area contributed by atoms with Crippen LogP contribution in [0.25, 0.3) is 0 Å². The van der Waals surface area contributed by atoms with Crippen LogP contribution in [-0.4, -0.2) is 11.2 Å². The smallest absolute Gasteiger partial charge is 0.0537 e. The summed E-state index contributed by atoms with van der Waals surface area (Å²) in [6.07, 6.45) is 29.7. The third-order valence-corrected chi connectivity index (χ3v) is 7.62. The lowest BCUT2D eigenvalue weighted by molar-refractivity contribution is 0.127. The Hall–Kier alpha value is -0.0400. The largest absolute Gasteiger partial charge is 0.393 e. The fourth-order valence-electron chi connectivity index (χ4n) is 4.81. The van der Waals surface area contributed by atoms with Gasteiger partial charge in [-0.3, -0.25) is 0 Å². The maximum Gasteiger partial charge on any atom is 0.0537 e. The molecule has 0 saturated carbocycles. The molecular formula is C30H62O. The molecule has 0 aliphatic heterocycles. The molecule has 0 bridgehead atoms. The number of unbranched alkanes of at least 4 members (excludes halogenated alkanes) is 13. The molecule has 0 heterocycles. The minimum absolute atomic E-state index is 0.145. The summed E-state index contributed by atoms with van der Waals surface area (Å²) in [6, 6.07) is 0.